The van der Waals surface area contributed by atoms with E-state index < -0.39 is 0 Å². The second-order valence-corrected chi connectivity index (χ2v) is 4.53. The molecule has 5 nitrogen and oxygen atoms in total. The summed E-state index contributed by atoms with van der Waals surface area (Å²) in [6.45, 7) is 1.02. The number of anilines is 1. The Kier molecular flexibility index (Phi) is 5.72. The number of urea groups is 1. The first-order valence-electron chi connectivity index (χ1n) is 6.81. The molecule has 0 atom stereocenters. The van der Waals surface area contributed by atoms with Crippen LogP contribution in [0.3, 0.4) is 0 Å². The number of carbonyl (C=O) groups excluding carboxylic acids is 1. The van der Waals surface area contributed by atoms with Gasteiger partial charge in [0.15, 0.2) is 0 Å². The summed E-state index contributed by atoms with van der Waals surface area (Å²) in [5.74, 6) is 0. The lowest BCUT2D eigenvalue weighted by atomic mass is 10.1. The maximum absolute atomic E-state index is 11.9. The molecule has 2 N–H and O–H groups in total. The van der Waals surface area contributed by atoms with Crippen molar-refractivity contribution in [1.82, 2.24) is 10.3 Å². The number of nitrogens with zero attached hydrogens (tertiary/aromatic N) is 1. The van der Waals surface area contributed by atoms with E-state index in [1.807, 2.05) is 42.5 Å². The third kappa shape index (κ3) is 4.89. The smallest absolute Gasteiger partial charge is 0.319 e. The Bertz CT molecular complexity index is 573. The number of hydrogen-bond acceptors (Lipinski definition) is 3. The van der Waals surface area contributed by atoms with Gasteiger partial charge in [-0.1, -0.05) is 24.3 Å². The molecule has 0 saturated heterocycles. The first-order valence-corrected chi connectivity index (χ1v) is 6.81. The fraction of sp³-hybridized carbons (Fsp3) is 0.250. The van der Waals surface area contributed by atoms with E-state index in [1.165, 1.54) is 0 Å². The largest absolute Gasteiger partial charge is 0.384 e. The Morgan fingerprint density at radius 3 is 2.76 bits per heavy atom. The predicted molar refractivity (Wildman–Crippen MR) is 82.1 cm³/mol. The first-order chi connectivity index (χ1) is 10.3. The van der Waals surface area contributed by atoms with Crippen LogP contribution in [0.5, 0.6) is 0 Å². The van der Waals surface area contributed by atoms with E-state index in [9.17, 15) is 4.79 Å². The summed E-state index contributed by atoms with van der Waals surface area (Å²) in [4.78, 5) is 16.1. The van der Waals surface area contributed by atoms with Gasteiger partial charge in [0.25, 0.3) is 0 Å². The molecule has 2 amide bonds. The summed E-state index contributed by atoms with van der Waals surface area (Å²) in [5, 5.41) is 5.64. The van der Waals surface area contributed by atoms with Crippen molar-refractivity contribution in [2.24, 2.45) is 0 Å². The molecule has 0 radical (unpaired) electrons. The molecule has 5 heteroatoms. The molecule has 2 aromatic rings. The van der Waals surface area contributed by atoms with Crippen molar-refractivity contribution in [3.05, 3.63) is 59.9 Å². The number of nitrogens with one attached hydrogen (secondary N) is 2. The van der Waals surface area contributed by atoms with Crippen LogP contribution in [0.25, 0.3) is 0 Å². The van der Waals surface area contributed by atoms with Gasteiger partial charge in [0.1, 0.15) is 0 Å². The summed E-state index contributed by atoms with van der Waals surface area (Å²) < 4.78 is 5.07. The van der Waals surface area contributed by atoms with Gasteiger partial charge in [0, 0.05) is 19.0 Å². The van der Waals surface area contributed by atoms with Gasteiger partial charge in [-0.15, -0.1) is 0 Å². The second-order valence-electron chi connectivity index (χ2n) is 4.53. The van der Waals surface area contributed by atoms with Crippen molar-refractivity contribution >= 4 is 11.7 Å². The summed E-state index contributed by atoms with van der Waals surface area (Å²) in [7, 11) is 1.66. The zero-order valence-corrected chi connectivity index (χ0v) is 12.0. The quantitative estimate of drug-likeness (QED) is 0.857. The molecular formula is C16H19N3O2. The molecular weight excluding hydrogens is 266 g/mol. The molecule has 0 aliphatic rings. The summed E-state index contributed by atoms with van der Waals surface area (Å²) in [6, 6.07) is 13.1. The Hall–Kier alpha value is -2.40. The molecule has 21 heavy (non-hydrogen) atoms. The molecule has 1 heterocycles. The lowest BCUT2D eigenvalue weighted by molar-refractivity contribution is 0.202. The highest BCUT2D eigenvalue weighted by Crippen LogP contribution is 2.15. The lowest BCUT2D eigenvalue weighted by Crippen LogP contribution is -2.29. The number of benzene rings is 1. The van der Waals surface area contributed by atoms with Gasteiger partial charge in [0.2, 0.25) is 0 Å². The van der Waals surface area contributed by atoms with Gasteiger partial charge in [-0.2, -0.15) is 0 Å². The molecule has 0 fully saturated rings. The maximum Gasteiger partial charge on any atom is 0.319 e. The maximum atomic E-state index is 11.9. The number of para-hydroxylation sites is 1. The summed E-state index contributed by atoms with van der Waals surface area (Å²) in [6.07, 6.45) is 2.46. The van der Waals surface area contributed by atoms with Crippen LogP contribution in [0, 0.1) is 0 Å². The second kappa shape index (κ2) is 8.01. The van der Waals surface area contributed by atoms with Crippen LogP contribution >= 0.6 is 0 Å². The van der Waals surface area contributed by atoms with Gasteiger partial charge in [-0.3, -0.25) is 4.98 Å². The van der Waals surface area contributed by atoms with Crippen LogP contribution in [0.1, 0.15) is 11.3 Å². The normalized spacial score (nSPS) is 10.1. The van der Waals surface area contributed by atoms with E-state index in [0.29, 0.717) is 13.2 Å². The molecule has 0 unspecified atom stereocenters. The monoisotopic (exact) mass is 285 g/mol. The number of amides is 2. The topological polar surface area (TPSA) is 63.2 Å². The van der Waals surface area contributed by atoms with Gasteiger partial charge in [0.05, 0.1) is 18.8 Å². The molecule has 0 aliphatic heterocycles. The van der Waals surface area contributed by atoms with E-state index in [0.717, 1.165) is 23.4 Å². The SMILES string of the molecule is COCCc1ccccc1NC(=O)NCc1ccccn1. The van der Waals surface area contributed by atoms with Crippen LogP contribution in [0.2, 0.25) is 0 Å². The van der Waals surface area contributed by atoms with Crippen molar-refractivity contribution in [2.75, 3.05) is 19.0 Å². The third-order valence-corrected chi connectivity index (χ3v) is 3.00. The van der Waals surface area contributed by atoms with E-state index in [4.69, 9.17) is 4.74 Å². The minimum atomic E-state index is -0.245. The minimum absolute atomic E-state index is 0.245. The Balaban J connectivity index is 1.90. The van der Waals surface area contributed by atoms with Crippen molar-refractivity contribution in [2.45, 2.75) is 13.0 Å². The van der Waals surface area contributed by atoms with Crippen molar-refractivity contribution < 1.29 is 9.53 Å². The molecule has 1 aromatic heterocycles. The van der Waals surface area contributed by atoms with Gasteiger partial charge in [-0.05, 0) is 30.2 Å². The Morgan fingerprint density at radius 2 is 2.00 bits per heavy atom. The van der Waals surface area contributed by atoms with Gasteiger partial charge < -0.3 is 15.4 Å². The molecule has 0 bridgehead atoms. The average molecular weight is 285 g/mol. The fourth-order valence-corrected chi connectivity index (χ4v) is 1.91. The summed E-state index contributed by atoms with van der Waals surface area (Å²) >= 11 is 0. The van der Waals surface area contributed by atoms with E-state index in [2.05, 4.69) is 15.6 Å². The number of aromatic nitrogens is 1. The van der Waals surface area contributed by atoms with Crippen LogP contribution in [0.4, 0.5) is 10.5 Å². The van der Waals surface area contributed by atoms with Crippen LogP contribution < -0.4 is 10.6 Å². The van der Waals surface area contributed by atoms with E-state index in [1.54, 1.807) is 13.3 Å². The van der Waals surface area contributed by atoms with Crippen LogP contribution in [0.15, 0.2) is 48.7 Å². The predicted octanol–water partition coefficient (Wildman–Crippen LogP) is 2.59. The van der Waals surface area contributed by atoms with Gasteiger partial charge in [-0.25, -0.2) is 4.79 Å². The molecule has 0 saturated carbocycles. The number of hydrogen-bond donors (Lipinski definition) is 2. The zero-order valence-electron chi connectivity index (χ0n) is 12.0. The lowest BCUT2D eigenvalue weighted by Gasteiger charge is -2.11. The van der Waals surface area contributed by atoms with Gasteiger partial charge >= 0.3 is 6.03 Å². The number of carbonyl (C=O) groups is 1. The molecule has 110 valence electrons. The Labute approximate surface area is 124 Å². The summed E-state index contributed by atoms with van der Waals surface area (Å²) in [5.41, 5.74) is 2.67. The number of ether oxygens (including phenoxy) is 1. The van der Waals surface area contributed by atoms with Crippen molar-refractivity contribution in [1.29, 1.82) is 0 Å². The highest BCUT2D eigenvalue weighted by molar-refractivity contribution is 5.90. The highest BCUT2D eigenvalue weighted by Gasteiger charge is 2.06. The minimum Gasteiger partial charge on any atom is -0.384 e. The van der Waals surface area contributed by atoms with E-state index in [-0.39, 0.29) is 6.03 Å². The Morgan fingerprint density at radius 1 is 1.19 bits per heavy atom. The average Bonchev–Trinajstić information content (AvgIpc) is 2.53. The third-order valence-electron chi connectivity index (χ3n) is 3.00. The number of pyridine rings is 1. The van der Waals surface area contributed by atoms with Crippen LogP contribution in [-0.4, -0.2) is 24.7 Å². The van der Waals surface area contributed by atoms with Crippen molar-refractivity contribution in [3.63, 3.8) is 0 Å². The first kappa shape index (κ1) is 15.0. The number of rotatable bonds is 6. The molecule has 0 aliphatic carbocycles. The van der Waals surface area contributed by atoms with E-state index >= 15 is 0 Å². The standard InChI is InChI=1S/C16H19N3O2/c1-21-11-9-13-6-2-3-8-15(13)19-16(20)18-12-14-7-4-5-10-17-14/h2-8,10H,9,11-12H2,1H3,(H2,18,19,20). The van der Waals surface area contributed by atoms with Crippen LogP contribution in [-0.2, 0) is 17.7 Å². The molecule has 2 rings (SSSR count). The zero-order chi connectivity index (χ0) is 14.9. The van der Waals surface area contributed by atoms with Crippen molar-refractivity contribution in [3.8, 4) is 0 Å². The molecule has 0 spiro atoms. The molecule has 1 aromatic carbocycles. The highest BCUT2D eigenvalue weighted by atomic mass is 16.5. The fourth-order valence-electron chi connectivity index (χ4n) is 1.91. The number of methoxy groups -OCH3 is 1.